The Hall–Kier alpha value is -2.48. The van der Waals surface area contributed by atoms with Crippen molar-refractivity contribution in [1.29, 1.82) is 0 Å². The van der Waals surface area contributed by atoms with Gasteiger partial charge in [-0.25, -0.2) is 13.2 Å². The first-order valence-electron chi connectivity index (χ1n) is 11.4. The summed E-state index contributed by atoms with van der Waals surface area (Å²) in [5, 5.41) is 0.960. The minimum atomic E-state index is -3.56. The molecule has 0 spiro atoms. The molecule has 2 aromatic carbocycles. The molecule has 33 heavy (non-hydrogen) atoms. The molecule has 176 valence electrons. The number of sulfonamides is 1. The van der Waals surface area contributed by atoms with Crippen molar-refractivity contribution in [3.63, 3.8) is 0 Å². The molecule has 1 aromatic heterocycles. The van der Waals surface area contributed by atoms with Crippen LogP contribution in [0, 0.1) is 41.5 Å². The third-order valence-electron chi connectivity index (χ3n) is 7.21. The molecule has 6 nitrogen and oxygen atoms in total. The van der Waals surface area contributed by atoms with Crippen LogP contribution in [0.3, 0.4) is 0 Å². The maximum absolute atomic E-state index is 13.6. The summed E-state index contributed by atoms with van der Waals surface area (Å²) in [6.07, 6.45) is 0. The number of hydrogen-bond acceptors (Lipinski definition) is 4. The monoisotopic (exact) mass is 469 g/mol. The molecular weight excluding hydrogens is 436 g/mol. The van der Waals surface area contributed by atoms with Crippen LogP contribution in [0.25, 0.3) is 11.0 Å². The summed E-state index contributed by atoms with van der Waals surface area (Å²) < 4.78 is 34.1. The van der Waals surface area contributed by atoms with E-state index < -0.39 is 10.0 Å². The lowest BCUT2D eigenvalue weighted by Crippen LogP contribution is -3.13. The molecule has 1 saturated heterocycles. The Balaban J connectivity index is 1.56. The van der Waals surface area contributed by atoms with Crippen molar-refractivity contribution in [3.05, 3.63) is 73.6 Å². The molecule has 0 aliphatic carbocycles. The molecule has 1 aliphatic rings. The van der Waals surface area contributed by atoms with E-state index >= 15 is 0 Å². The Kier molecular flexibility index (Phi) is 6.24. The molecular formula is C26H33N2O4S+. The van der Waals surface area contributed by atoms with Crippen LogP contribution in [0.1, 0.15) is 38.9 Å². The van der Waals surface area contributed by atoms with E-state index in [4.69, 9.17) is 4.42 Å². The first kappa shape index (κ1) is 23.7. The Morgan fingerprint density at radius 2 is 1.42 bits per heavy atom. The lowest BCUT2D eigenvalue weighted by atomic mass is 10.0. The van der Waals surface area contributed by atoms with Crippen LogP contribution in [0.15, 0.2) is 38.4 Å². The van der Waals surface area contributed by atoms with Crippen molar-refractivity contribution in [1.82, 2.24) is 4.31 Å². The number of hydrogen-bond donors (Lipinski definition) is 1. The van der Waals surface area contributed by atoms with Gasteiger partial charge in [0.2, 0.25) is 10.0 Å². The predicted molar refractivity (Wildman–Crippen MR) is 131 cm³/mol. The van der Waals surface area contributed by atoms with Gasteiger partial charge in [0.05, 0.1) is 31.1 Å². The number of aryl methyl sites for hydroxylation is 4. The number of benzene rings is 2. The van der Waals surface area contributed by atoms with E-state index in [9.17, 15) is 13.2 Å². The molecule has 2 heterocycles. The summed E-state index contributed by atoms with van der Waals surface area (Å²) in [5.41, 5.74) is 7.14. The highest BCUT2D eigenvalue weighted by Crippen LogP contribution is 2.29. The van der Waals surface area contributed by atoms with Gasteiger partial charge in [0.15, 0.2) is 0 Å². The number of piperazine rings is 1. The number of quaternary nitrogens is 1. The Bertz CT molecular complexity index is 1370. The maximum atomic E-state index is 13.6. The van der Waals surface area contributed by atoms with Crippen molar-refractivity contribution in [2.45, 2.75) is 53.0 Å². The largest absolute Gasteiger partial charge is 0.423 e. The van der Waals surface area contributed by atoms with E-state index in [1.807, 2.05) is 40.7 Å². The van der Waals surface area contributed by atoms with E-state index in [1.54, 1.807) is 10.4 Å². The summed E-state index contributed by atoms with van der Waals surface area (Å²) in [7, 11) is -3.56. The highest BCUT2D eigenvalue weighted by Gasteiger charge is 2.33. The molecule has 1 aliphatic heterocycles. The molecule has 1 fully saturated rings. The molecule has 0 unspecified atom stereocenters. The minimum absolute atomic E-state index is 0.345. The number of nitrogens with zero attached hydrogens (tertiary/aromatic N) is 1. The first-order valence-corrected chi connectivity index (χ1v) is 12.9. The van der Waals surface area contributed by atoms with Gasteiger partial charge in [-0.15, -0.1) is 0 Å². The number of rotatable bonds is 4. The van der Waals surface area contributed by atoms with Crippen molar-refractivity contribution in [2.75, 3.05) is 26.2 Å². The van der Waals surface area contributed by atoms with Crippen LogP contribution >= 0.6 is 0 Å². The Morgan fingerprint density at radius 3 is 2.03 bits per heavy atom. The Labute approximate surface area is 195 Å². The van der Waals surface area contributed by atoms with Gasteiger partial charge in [0.25, 0.3) is 0 Å². The van der Waals surface area contributed by atoms with Gasteiger partial charge in [-0.2, -0.15) is 4.31 Å². The van der Waals surface area contributed by atoms with Gasteiger partial charge < -0.3 is 9.32 Å². The standard InChI is InChI=1S/C26H32N2O4S/c1-16-12-23-22(14-25(29)32-24(23)13-17(16)2)15-27-7-9-28(10-8-27)33(30,31)26-20(5)18(3)11-19(4)21(26)6/h11-14H,7-10,15H2,1-6H3/p+1. The van der Waals surface area contributed by atoms with Gasteiger partial charge in [0.1, 0.15) is 12.1 Å². The summed E-state index contributed by atoms with van der Waals surface area (Å²) in [5.74, 6) is 0. The topological polar surface area (TPSA) is 72.0 Å². The van der Waals surface area contributed by atoms with Crippen LogP contribution < -0.4 is 10.5 Å². The van der Waals surface area contributed by atoms with Crippen LogP contribution in [0.4, 0.5) is 0 Å². The van der Waals surface area contributed by atoms with Crippen LogP contribution in [0.5, 0.6) is 0 Å². The lowest BCUT2D eigenvalue weighted by molar-refractivity contribution is -0.917. The molecule has 4 rings (SSSR count). The Morgan fingerprint density at radius 1 is 0.848 bits per heavy atom. The fraction of sp³-hybridized carbons (Fsp3) is 0.423. The van der Waals surface area contributed by atoms with Gasteiger partial charge >= 0.3 is 5.63 Å². The normalized spacial score (nSPS) is 15.9. The first-order chi connectivity index (χ1) is 15.5. The van der Waals surface area contributed by atoms with Gasteiger partial charge in [0, 0.05) is 17.0 Å². The molecule has 0 amide bonds. The van der Waals surface area contributed by atoms with E-state index in [0.717, 1.165) is 44.3 Å². The maximum Gasteiger partial charge on any atom is 0.336 e. The smallest absolute Gasteiger partial charge is 0.336 e. The zero-order chi connectivity index (χ0) is 24.1. The number of nitrogens with one attached hydrogen (secondary N) is 1. The third-order valence-corrected chi connectivity index (χ3v) is 9.38. The summed E-state index contributed by atoms with van der Waals surface area (Å²) >= 11 is 0. The average Bonchev–Trinajstić information content (AvgIpc) is 2.74. The zero-order valence-corrected chi connectivity index (χ0v) is 21.1. The fourth-order valence-corrected chi connectivity index (χ4v) is 6.83. The molecule has 7 heteroatoms. The second-order valence-electron chi connectivity index (χ2n) is 9.44. The highest BCUT2D eigenvalue weighted by atomic mass is 32.2. The fourth-order valence-electron chi connectivity index (χ4n) is 4.81. The molecule has 0 bridgehead atoms. The van der Waals surface area contributed by atoms with Crippen molar-refractivity contribution in [2.24, 2.45) is 0 Å². The molecule has 1 N–H and O–H groups in total. The van der Waals surface area contributed by atoms with Crippen LogP contribution in [-0.2, 0) is 16.6 Å². The van der Waals surface area contributed by atoms with E-state index in [-0.39, 0.29) is 5.63 Å². The molecule has 0 radical (unpaired) electrons. The third kappa shape index (κ3) is 4.37. The highest BCUT2D eigenvalue weighted by molar-refractivity contribution is 7.89. The van der Waals surface area contributed by atoms with E-state index in [1.165, 1.54) is 4.90 Å². The quantitative estimate of drug-likeness (QED) is 0.597. The number of fused-ring (bicyclic) bond motifs is 1. The van der Waals surface area contributed by atoms with Crippen molar-refractivity contribution < 1.29 is 17.7 Å². The van der Waals surface area contributed by atoms with E-state index in [2.05, 4.69) is 19.1 Å². The lowest BCUT2D eigenvalue weighted by Gasteiger charge is -2.32. The predicted octanol–water partition coefficient (Wildman–Crippen LogP) is 2.73. The van der Waals surface area contributed by atoms with Crippen LogP contribution in [0.2, 0.25) is 0 Å². The van der Waals surface area contributed by atoms with Crippen molar-refractivity contribution in [3.8, 4) is 0 Å². The van der Waals surface area contributed by atoms with Gasteiger partial charge in [-0.05, 0) is 87.1 Å². The summed E-state index contributed by atoms with van der Waals surface area (Å²) in [6.45, 7) is 14.7. The second-order valence-corrected chi connectivity index (χ2v) is 11.3. The summed E-state index contributed by atoms with van der Waals surface area (Å²) in [6, 6.07) is 7.63. The van der Waals surface area contributed by atoms with E-state index in [0.29, 0.717) is 43.2 Å². The minimum Gasteiger partial charge on any atom is -0.423 e. The van der Waals surface area contributed by atoms with Crippen LogP contribution in [-0.4, -0.2) is 38.9 Å². The van der Waals surface area contributed by atoms with Gasteiger partial charge in [-0.1, -0.05) is 6.07 Å². The SMILES string of the molecule is Cc1cc2oc(=O)cc(C[NH+]3CCN(S(=O)(=O)c4c(C)c(C)cc(C)c4C)CC3)c2cc1C. The summed E-state index contributed by atoms with van der Waals surface area (Å²) in [4.78, 5) is 13.9. The zero-order valence-electron chi connectivity index (χ0n) is 20.3. The van der Waals surface area contributed by atoms with Crippen molar-refractivity contribution >= 4 is 21.0 Å². The second kappa shape index (κ2) is 8.70. The van der Waals surface area contributed by atoms with Gasteiger partial charge in [-0.3, -0.25) is 0 Å². The molecule has 0 saturated carbocycles. The molecule has 3 aromatic rings. The molecule has 0 atom stereocenters. The average molecular weight is 470 g/mol.